The molecule has 0 unspecified atom stereocenters. The van der Waals surface area contributed by atoms with Gasteiger partial charge in [0.2, 0.25) is 0 Å². The van der Waals surface area contributed by atoms with Gasteiger partial charge in [0, 0.05) is 15.4 Å². The van der Waals surface area contributed by atoms with Crippen LogP contribution in [0.5, 0.6) is 0 Å². The molecule has 0 spiro atoms. The Kier molecular flexibility index (Phi) is 4.89. The second kappa shape index (κ2) is 5.65. The molecule has 0 aliphatic carbocycles. The van der Waals surface area contributed by atoms with Gasteiger partial charge in [-0.1, -0.05) is 15.9 Å². The highest BCUT2D eigenvalue weighted by molar-refractivity contribution is 9.10. The fourth-order valence-corrected chi connectivity index (χ4v) is 2.10. The minimum atomic E-state index is -4.34. The number of rotatable bonds is 2. The molecule has 0 radical (unpaired) electrons. The van der Waals surface area contributed by atoms with Gasteiger partial charge in [-0.05, 0) is 56.5 Å². The van der Waals surface area contributed by atoms with E-state index in [9.17, 15) is 13.2 Å². The van der Waals surface area contributed by atoms with Crippen molar-refractivity contribution in [3.05, 3.63) is 33.8 Å². The second-order valence-electron chi connectivity index (χ2n) is 4.71. The van der Waals surface area contributed by atoms with Gasteiger partial charge in [-0.15, -0.1) is 0 Å². The molecule has 0 heterocycles. The lowest BCUT2D eigenvalue weighted by molar-refractivity contribution is -0.137. The molecule has 0 aliphatic rings. The minimum Gasteiger partial charge on any atom is -0.223 e. The van der Waals surface area contributed by atoms with E-state index in [1.165, 1.54) is 18.2 Å². The highest BCUT2D eigenvalue weighted by atomic mass is 79.9. The van der Waals surface area contributed by atoms with Crippen LogP contribution in [0.15, 0.2) is 27.1 Å². The Bertz CT molecular complexity index is 450. The van der Waals surface area contributed by atoms with Crippen LogP contribution in [-0.2, 0) is 6.18 Å². The highest BCUT2D eigenvalue weighted by Gasteiger charge is 2.30. The van der Waals surface area contributed by atoms with Crippen LogP contribution in [0.3, 0.4) is 0 Å². The van der Waals surface area contributed by atoms with E-state index in [1.807, 2.05) is 20.8 Å². The third-order valence-electron chi connectivity index (χ3n) is 1.78. The smallest absolute Gasteiger partial charge is 0.223 e. The summed E-state index contributed by atoms with van der Waals surface area (Å²) in [7, 11) is 0. The normalized spacial score (nSPS) is 13.3. The van der Waals surface area contributed by atoms with Gasteiger partial charge in [-0.3, -0.25) is 0 Å². The molecule has 1 nitrogen and oxygen atoms in total. The largest absolute Gasteiger partial charge is 0.416 e. The predicted octanol–water partition coefficient (Wildman–Crippen LogP) is 5.33. The summed E-state index contributed by atoms with van der Waals surface area (Å²) < 4.78 is 42.2. The molecule has 0 saturated heterocycles. The molecule has 6 heteroatoms. The second-order valence-corrected chi connectivity index (χ2v) is 7.24. The van der Waals surface area contributed by atoms with Crippen molar-refractivity contribution in [2.24, 2.45) is 4.40 Å². The molecule has 1 aromatic rings. The standard InChI is InChI=1S/C12H13BrF3NS/c1-11(2,3)18-17-7-8-4-9(12(14,15)16)6-10(13)5-8/h4-7H,1-3H3/b17-7+. The Morgan fingerprint density at radius 3 is 2.28 bits per heavy atom. The maximum Gasteiger partial charge on any atom is 0.416 e. The summed E-state index contributed by atoms with van der Waals surface area (Å²) in [5, 5.41) is 0. The van der Waals surface area contributed by atoms with Crippen molar-refractivity contribution in [3.8, 4) is 0 Å². The van der Waals surface area contributed by atoms with Crippen LogP contribution in [0.25, 0.3) is 0 Å². The van der Waals surface area contributed by atoms with Gasteiger partial charge < -0.3 is 0 Å². The number of hydrogen-bond acceptors (Lipinski definition) is 2. The monoisotopic (exact) mass is 339 g/mol. The summed E-state index contributed by atoms with van der Waals surface area (Å²) in [6.07, 6.45) is -2.90. The number of benzene rings is 1. The van der Waals surface area contributed by atoms with Gasteiger partial charge in [0.05, 0.1) is 5.56 Å². The molecule has 0 atom stereocenters. The van der Waals surface area contributed by atoms with E-state index in [0.29, 0.717) is 10.0 Å². The lowest BCUT2D eigenvalue weighted by atomic mass is 10.1. The van der Waals surface area contributed by atoms with E-state index in [1.54, 1.807) is 6.07 Å². The zero-order valence-electron chi connectivity index (χ0n) is 10.2. The van der Waals surface area contributed by atoms with Gasteiger partial charge in [-0.2, -0.15) is 13.2 Å². The van der Waals surface area contributed by atoms with E-state index in [4.69, 9.17) is 0 Å². The van der Waals surface area contributed by atoms with Crippen LogP contribution in [0, 0.1) is 0 Å². The zero-order chi connectivity index (χ0) is 14.0. The first-order valence-corrected chi connectivity index (χ1v) is 6.74. The van der Waals surface area contributed by atoms with E-state index in [0.717, 1.165) is 12.1 Å². The molecule has 0 aliphatic heterocycles. The molecule has 1 rings (SSSR count). The summed E-state index contributed by atoms with van der Waals surface area (Å²) in [5.41, 5.74) is -0.257. The third kappa shape index (κ3) is 5.44. The molecule has 18 heavy (non-hydrogen) atoms. The van der Waals surface area contributed by atoms with Crippen molar-refractivity contribution in [2.45, 2.75) is 31.7 Å². The number of nitrogens with zero attached hydrogens (tertiary/aromatic N) is 1. The summed E-state index contributed by atoms with van der Waals surface area (Å²) in [5.74, 6) is 0. The molecular weight excluding hydrogens is 327 g/mol. The fourth-order valence-electron chi connectivity index (χ4n) is 1.10. The summed E-state index contributed by atoms with van der Waals surface area (Å²) in [4.78, 5) is 0. The van der Waals surface area contributed by atoms with Crippen molar-refractivity contribution in [1.29, 1.82) is 0 Å². The van der Waals surface area contributed by atoms with Crippen LogP contribution in [0.4, 0.5) is 13.2 Å². The van der Waals surface area contributed by atoms with Gasteiger partial charge >= 0.3 is 6.18 Å². The van der Waals surface area contributed by atoms with E-state index >= 15 is 0 Å². The first kappa shape index (κ1) is 15.6. The number of halogens is 4. The van der Waals surface area contributed by atoms with Gasteiger partial charge in [0.25, 0.3) is 0 Å². The number of alkyl halides is 3. The fraction of sp³-hybridized carbons (Fsp3) is 0.417. The van der Waals surface area contributed by atoms with Crippen molar-refractivity contribution in [3.63, 3.8) is 0 Å². The lowest BCUT2D eigenvalue weighted by Gasteiger charge is -2.12. The molecule has 0 aromatic heterocycles. The van der Waals surface area contributed by atoms with Crippen molar-refractivity contribution < 1.29 is 13.2 Å². The lowest BCUT2D eigenvalue weighted by Crippen LogP contribution is -2.06. The van der Waals surface area contributed by atoms with Crippen LogP contribution < -0.4 is 0 Å². The number of hydrogen-bond donors (Lipinski definition) is 0. The Labute approximate surface area is 117 Å². The average molecular weight is 340 g/mol. The average Bonchev–Trinajstić information content (AvgIpc) is 2.13. The molecule has 0 fully saturated rings. The predicted molar refractivity (Wildman–Crippen MR) is 74.1 cm³/mol. The van der Waals surface area contributed by atoms with Crippen LogP contribution in [-0.4, -0.2) is 11.0 Å². The molecule has 0 bridgehead atoms. The Morgan fingerprint density at radius 1 is 1.17 bits per heavy atom. The highest BCUT2D eigenvalue weighted by Crippen LogP contribution is 2.32. The molecule has 1 aromatic carbocycles. The summed E-state index contributed by atoms with van der Waals surface area (Å²) in [6, 6.07) is 3.73. The van der Waals surface area contributed by atoms with E-state index < -0.39 is 11.7 Å². The van der Waals surface area contributed by atoms with Crippen LogP contribution in [0.1, 0.15) is 31.9 Å². The van der Waals surface area contributed by atoms with Crippen LogP contribution in [0.2, 0.25) is 0 Å². The Morgan fingerprint density at radius 2 is 1.78 bits per heavy atom. The van der Waals surface area contributed by atoms with Crippen molar-refractivity contribution >= 4 is 34.1 Å². The van der Waals surface area contributed by atoms with Crippen molar-refractivity contribution in [2.75, 3.05) is 0 Å². The third-order valence-corrected chi connectivity index (χ3v) is 2.99. The quantitative estimate of drug-likeness (QED) is 0.523. The maximum absolute atomic E-state index is 12.6. The maximum atomic E-state index is 12.6. The SMILES string of the molecule is CC(C)(C)S/N=C/c1cc(Br)cc(C(F)(F)F)c1. The molecule has 0 amide bonds. The zero-order valence-corrected chi connectivity index (χ0v) is 12.6. The minimum absolute atomic E-state index is 0.0601. The van der Waals surface area contributed by atoms with Crippen molar-refractivity contribution in [1.82, 2.24) is 0 Å². The Hall–Kier alpha value is -0.490. The van der Waals surface area contributed by atoms with E-state index in [-0.39, 0.29) is 4.75 Å². The van der Waals surface area contributed by atoms with E-state index in [2.05, 4.69) is 20.3 Å². The molecule has 0 N–H and O–H groups in total. The topological polar surface area (TPSA) is 12.4 Å². The first-order chi connectivity index (χ1) is 8.08. The Balaban J connectivity index is 2.94. The molecular formula is C12H13BrF3NS. The summed E-state index contributed by atoms with van der Waals surface area (Å²) in [6.45, 7) is 5.95. The molecule has 100 valence electrons. The first-order valence-electron chi connectivity index (χ1n) is 5.17. The van der Waals surface area contributed by atoms with Gasteiger partial charge in [-0.25, -0.2) is 4.40 Å². The van der Waals surface area contributed by atoms with Gasteiger partial charge in [0.15, 0.2) is 0 Å². The summed E-state index contributed by atoms with van der Waals surface area (Å²) >= 11 is 4.39. The molecule has 0 saturated carbocycles. The van der Waals surface area contributed by atoms with Crippen LogP contribution >= 0.6 is 27.9 Å². The van der Waals surface area contributed by atoms with Gasteiger partial charge in [0.1, 0.15) is 0 Å².